The molecule has 1 aromatic heterocycles. The maximum atomic E-state index is 12.7. The van der Waals surface area contributed by atoms with E-state index in [1.54, 1.807) is 30.6 Å². The number of hydrogen-bond acceptors (Lipinski definition) is 4. The van der Waals surface area contributed by atoms with Gasteiger partial charge in [-0.05, 0) is 44.4 Å². The number of ether oxygens (including phenoxy) is 1. The Labute approximate surface area is 147 Å². The molecule has 6 heteroatoms. The number of phenols is 1. The maximum absolute atomic E-state index is 12.7. The summed E-state index contributed by atoms with van der Waals surface area (Å²) >= 11 is 0. The summed E-state index contributed by atoms with van der Waals surface area (Å²) < 4.78 is 5.95. The molecule has 25 heavy (non-hydrogen) atoms. The molecule has 1 aliphatic rings. The number of benzene rings is 1. The Hall–Kier alpha value is -2.34. The van der Waals surface area contributed by atoms with Gasteiger partial charge in [-0.25, -0.2) is 4.98 Å². The summed E-state index contributed by atoms with van der Waals surface area (Å²) in [6.07, 6.45) is 3.54. The molecule has 1 atom stereocenters. The number of aromatic hydroxyl groups is 1. The molecule has 1 unspecified atom stereocenters. The molecular formula is C19H25N3O3. The average Bonchev–Trinajstić information content (AvgIpc) is 3.05. The number of nitrogens with one attached hydrogen (secondary N) is 1. The largest absolute Gasteiger partial charge is 0.508 e. The number of H-pyrrole nitrogens is 1. The van der Waals surface area contributed by atoms with Crippen molar-refractivity contribution in [1.29, 1.82) is 0 Å². The first-order valence-electron chi connectivity index (χ1n) is 8.72. The molecule has 0 spiro atoms. The van der Waals surface area contributed by atoms with Gasteiger partial charge in [0.05, 0.1) is 30.7 Å². The minimum absolute atomic E-state index is 0.132. The predicted octanol–water partition coefficient (Wildman–Crippen LogP) is 2.74. The fraction of sp³-hybridized carbons (Fsp3) is 0.474. The van der Waals surface area contributed by atoms with E-state index < -0.39 is 0 Å². The van der Waals surface area contributed by atoms with Gasteiger partial charge in [-0.3, -0.25) is 4.79 Å². The van der Waals surface area contributed by atoms with Crippen molar-refractivity contribution in [2.45, 2.75) is 45.3 Å². The molecule has 3 rings (SSSR count). The summed E-state index contributed by atoms with van der Waals surface area (Å²) in [6.45, 7) is 5.84. The van der Waals surface area contributed by atoms with E-state index in [1.807, 2.05) is 18.7 Å². The quantitative estimate of drug-likeness (QED) is 0.875. The van der Waals surface area contributed by atoms with Gasteiger partial charge in [-0.15, -0.1) is 0 Å². The highest BCUT2D eigenvalue weighted by Crippen LogP contribution is 2.23. The van der Waals surface area contributed by atoms with Gasteiger partial charge in [0.1, 0.15) is 5.75 Å². The fourth-order valence-corrected chi connectivity index (χ4v) is 3.15. The lowest BCUT2D eigenvalue weighted by molar-refractivity contribution is -0.135. The van der Waals surface area contributed by atoms with Gasteiger partial charge in [0.2, 0.25) is 5.91 Å². The smallest absolute Gasteiger partial charge is 0.229 e. The van der Waals surface area contributed by atoms with E-state index in [1.165, 1.54) is 0 Å². The zero-order chi connectivity index (χ0) is 17.8. The van der Waals surface area contributed by atoms with Crippen LogP contribution in [0.5, 0.6) is 5.75 Å². The topological polar surface area (TPSA) is 78.5 Å². The van der Waals surface area contributed by atoms with Gasteiger partial charge in [0, 0.05) is 18.8 Å². The third-order valence-corrected chi connectivity index (χ3v) is 4.91. The molecule has 0 aliphatic carbocycles. The van der Waals surface area contributed by atoms with Gasteiger partial charge in [-0.1, -0.05) is 12.1 Å². The van der Waals surface area contributed by atoms with Crippen LogP contribution in [0.25, 0.3) is 0 Å². The number of aromatic amines is 1. The number of aryl methyl sites for hydroxylation is 1. The number of likely N-dealkylation sites (tertiary alicyclic amines) is 1. The number of piperidine rings is 1. The highest BCUT2D eigenvalue weighted by atomic mass is 16.5. The molecule has 6 nitrogen and oxygen atoms in total. The Balaban J connectivity index is 1.48. The number of phenolic OH excluding ortho intramolecular Hbond substituents is 1. The van der Waals surface area contributed by atoms with Crippen LogP contribution in [-0.2, 0) is 16.1 Å². The lowest BCUT2D eigenvalue weighted by atomic mass is 9.98. The van der Waals surface area contributed by atoms with E-state index in [-0.39, 0.29) is 23.7 Å². The number of carbonyl (C=O) groups is 1. The molecule has 134 valence electrons. The lowest BCUT2D eigenvalue weighted by Crippen LogP contribution is -2.42. The number of hydrogen-bond donors (Lipinski definition) is 2. The van der Waals surface area contributed by atoms with Crippen LogP contribution in [0.15, 0.2) is 30.6 Å². The van der Waals surface area contributed by atoms with Gasteiger partial charge < -0.3 is 19.7 Å². The van der Waals surface area contributed by atoms with E-state index in [0.29, 0.717) is 19.7 Å². The van der Waals surface area contributed by atoms with Crippen LogP contribution in [0.4, 0.5) is 0 Å². The number of rotatable bonds is 5. The Morgan fingerprint density at radius 2 is 2.04 bits per heavy atom. The molecule has 0 radical (unpaired) electrons. The van der Waals surface area contributed by atoms with Crippen LogP contribution in [0, 0.1) is 6.92 Å². The van der Waals surface area contributed by atoms with Crippen LogP contribution in [0.2, 0.25) is 0 Å². The second-order valence-corrected chi connectivity index (χ2v) is 6.62. The maximum Gasteiger partial charge on any atom is 0.229 e. The SMILES string of the molecule is Cc1[nH]cnc1COC1CCN(C(=O)C(C)c2ccc(O)cc2)CC1. The van der Waals surface area contributed by atoms with E-state index in [0.717, 1.165) is 29.8 Å². The van der Waals surface area contributed by atoms with Crippen LogP contribution in [-0.4, -0.2) is 45.1 Å². The number of aromatic nitrogens is 2. The molecule has 1 saturated heterocycles. The molecule has 1 fully saturated rings. The average molecular weight is 343 g/mol. The zero-order valence-electron chi connectivity index (χ0n) is 14.7. The summed E-state index contributed by atoms with van der Waals surface area (Å²) in [4.78, 5) is 21.9. The summed E-state index contributed by atoms with van der Waals surface area (Å²) in [5, 5.41) is 9.38. The Kier molecular flexibility index (Phi) is 5.38. The molecular weight excluding hydrogens is 318 g/mol. The molecule has 2 heterocycles. The molecule has 1 aromatic carbocycles. The Morgan fingerprint density at radius 3 is 2.64 bits per heavy atom. The molecule has 2 N–H and O–H groups in total. The van der Waals surface area contributed by atoms with Gasteiger partial charge in [0.25, 0.3) is 0 Å². The van der Waals surface area contributed by atoms with Crippen molar-refractivity contribution in [3.05, 3.63) is 47.5 Å². The van der Waals surface area contributed by atoms with Gasteiger partial charge in [-0.2, -0.15) is 0 Å². The summed E-state index contributed by atoms with van der Waals surface area (Å²) in [6, 6.07) is 6.85. The molecule has 1 aliphatic heterocycles. The van der Waals surface area contributed by atoms with Gasteiger partial charge >= 0.3 is 0 Å². The number of carbonyl (C=O) groups excluding carboxylic acids is 1. The monoisotopic (exact) mass is 343 g/mol. The van der Waals surface area contributed by atoms with E-state index in [2.05, 4.69) is 9.97 Å². The number of nitrogens with zero attached hydrogens (tertiary/aromatic N) is 2. The first-order chi connectivity index (χ1) is 12.0. The third-order valence-electron chi connectivity index (χ3n) is 4.91. The van der Waals surface area contributed by atoms with Crippen molar-refractivity contribution < 1.29 is 14.6 Å². The van der Waals surface area contributed by atoms with Crippen LogP contribution in [0.3, 0.4) is 0 Å². The summed E-state index contributed by atoms with van der Waals surface area (Å²) in [7, 11) is 0. The second kappa shape index (κ2) is 7.70. The first-order valence-corrected chi connectivity index (χ1v) is 8.72. The molecule has 1 amide bonds. The lowest BCUT2D eigenvalue weighted by Gasteiger charge is -2.33. The molecule has 0 saturated carbocycles. The van der Waals surface area contributed by atoms with E-state index in [9.17, 15) is 9.90 Å². The number of amides is 1. The first kappa shape index (κ1) is 17.5. The molecule has 0 bridgehead atoms. The normalized spacial score (nSPS) is 16.8. The van der Waals surface area contributed by atoms with E-state index >= 15 is 0 Å². The van der Waals surface area contributed by atoms with Gasteiger partial charge in [0.15, 0.2) is 0 Å². The summed E-state index contributed by atoms with van der Waals surface area (Å²) in [5.41, 5.74) is 2.91. The molecule has 2 aromatic rings. The minimum Gasteiger partial charge on any atom is -0.508 e. The van der Waals surface area contributed by atoms with Crippen LogP contribution < -0.4 is 0 Å². The second-order valence-electron chi connectivity index (χ2n) is 6.62. The van der Waals surface area contributed by atoms with Crippen molar-refractivity contribution in [3.8, 4) is 5.75 Å². The minimum atomic E-state index is -0.204. The van der Waals surface area contributed by atoms with Crippen molar-refractivity contribution in [2.24, 2.45) is 0 Å². The third kappa shape index (κ3) is 4.20. The fourth-order valence-electron chi connectivity index (χ4n) is 3.15. The highest BCUT2D eigenvalue weighted by Gasteiger charge is 2.27. The summed E-state index contributed by atoms with van der Waals surface area (Å²) in [5.74, 6) is 0.144. The highest BCUT2D eigenvalue weighted by molar-refractivity contribution is 5.83. The Morgan fingerprint density at radius 1 is 1.36 bits per heavy atom. The Bertz CT molecular complexity index is 703. The number of imidazole rings is 1. The van der Waals surface area contributed by atoms with Crippen LogP contribution >= 0.6 is 0 Å². The standard InChI is InChI=1S/C19H25N3O3/c1-13(15-3-5-16(23)6-4-15)19(24)22-9-7-17(8-10-22)25-11-18-14(2)20-12-21-18/h3-6,12-13,17,23H,7-11H2,1-2H3,(H,20,21). The van der Waals surface area contributed by atoms with Crippen molar-refractivity contribution in [1.82, 2.24) is 14.9 Å². The van der Waals surface area contributed by atoms with E-state index in [4.69, 9.17) is 4.74 Å². The van der Waals surface area contributed by atoms with Crippen molar-refractivity contribution >= 4 is 5.91 Å². The van der Waals surface area contributed by atoms with Crippen molar-refractivity contribution in [3.63, 3.8) is 0 Å². The predicted molar refractivity (Wildman–Crippen MR) is 94.2 cm³/mol. The zero-order valence-corrected chi connectivity index (χ0v) is 14.7. The van der Waals surface area contributed by atoms with Crippen LogP contribution in [0.1, 0.15) is 42.6 Å². The van der Waals surface area contributed by atoms with Crippen molar-refractivity contribution in [2.75, 3.05) is 13.1 Å².